The third-order valence-corrected chi connectivity index (χ3v) is 10.7. The number of likely N-dealkylation sites (N-methyl/N-ethyl adjacent to an activating group) is 1. The van der Waals surface area contributed by atoms with Crippen molar-refractivity contribution in [3.05, 3.63) is 58.9 Å². The minimum absolute atomic E-state index is 0.0526. The zero-order valence-corrected chi connectivity index (χ0v) is 29.0. The second kappa shape index (κ2) is 11.8. The molecule has 1 atom stereocenters. The number of carbonyl (C=O) groups is 1. The molecule has 4 rings (SSSR count). The van der Waals surface area contributed by atoms with E-state index >= 15 is 0 Å². The van der Waals surface area contributed by atoms with Crippen LogP contribution in [0.4, 0.5) is 17.1 Å². The quantitative estimate of drug-likeness (QED) is 0.346. The van der Waals surface area contributed by atoms with Crippen molar-refractivity contribution < 1.29 is 26.4 Å². The molecule has 15 heteroatoms. The molecule has 0 bridgehead atoms. The van der Waals surface area contributed by atoms with Crippen LogP contribution < -0.4 is 30.7 Å². The molecule has 0 aromatic heterocycles. The van der Waals surface area contributed by atoms with Gasteiger partial charge in [-0.15, -0.1) is 5.53 Å². The molecule has 0 fully saturated rings. The van der Waals surface area contributed by atoms with E-state index < -0.39 is 30.5 Å². The molecular weight excluding hydrogens is 619 g/mol. The van der Waals surface area contributed by atoms with Crippen molar-refractivity contribution >= 4 is 48.0 Å². The zero-order chi connectivity index (χ0) is 33.7. The predicted octanol–water partition coefficient (Wildman–Crippen LogP) is 3.48. The average Bonchev–Trinajstić information content (AvgIpc) is 3.53. The van der Waals surface area contributed by atoms with Crippen molar-refractivity contribution in [1.29, 1.82) is 0 Å². The zero-order valence-electron chi connectivity index (χ0n) is 27.4. The molecule has 0 saturated heterocycles. The topological polar surface area (TPSA) is 162 Å². The Hall–Kier alpha value is -3.82. The molecular formula is C30H43N7O6S2. The number of hydrazine groups is 2. The number of amides is 1. The Morgan fingerprint density at radius 2 is 1.69 bits per heavy atom. The first-order chi connectivity index (χ1) is 20.6. The lowest BCUT2D eigenvalue weighted by atomic mass is 9.86. The second-order valence-electron chi connectivity index (χ2n) is 13.2. The van der Waals surface area contributed by atoms with Crippen LogP contribution in [0.3, 0.4) is 0 Å². The van der Waals surface area contributed by atoms with Crippen LogP contribution >= 0.6 is 0 Å². The summed E-state index contributed by atoms with van der Waals surface area (Å²) in [7, 11) is -4.14. The third kappa shape index (κ3) is 7.05. The van der Waals surface area contributed by atoms with Crippen LogP contribution in [0.2, 0.25) is 0 Å². The van der Waals surface area contributed by atoms with Gasteiger partial charge in [-0.05, 0) is 68.5 Å². The van der Waals surface area contributed by atoms with Gasteiger partial charge in [0.15, 0.2) is 5.75 Å². The number of nitrogens with zero attached hydrogens (tertiary/aromatic N) is 3. The number of carbonyl (C=O) groups excluding carboxylic acids is 1. The number of nitrogens with one attached hydrogen (secondary N) is 4. The minimum atomic E-state index is -3.63. The van der Waals surface area contributed by atoms with Gasteiger partial charge in [0.05, 0.1) is 53.5 Å². The Morgan fingerprint density at radius 3 is 2.27 bits per heavy atom. The van der Waals surface area contributed by atoms with Gasteiger partial charge in [-0.1, -0.05) is 26.8 Å². The molecule has 0 radical (unpaired) electrons. The van der Waals surface area contributed by atoms with E-state index in [-0.39, 0.29) is 34.6 Å². The standard InChI is InChI=1S/C30H43N7O6S2/c1-18-11-12-19(27(38)32-21-14-20(29(2,3)4)15-22(26(21)43-9)34-44(10,39)40)13-24(18)37-17-23(33-35-37)25-16-31-28(36(25)8)45(41,42)30(5,6)7/h11-15,17,25,33-35H,16H2,1-10H3,(H,32,38). The van der Waals surface area contributed by atoms with Gasteiger partial charge in [0.2, 0.25) is 25.0 Å². The van der Waals surface area contributed by atoms with E-state index in [1.54, 1.807) is 62.0 Å². The fourth-order valence-corrected chi connectivity index (χ4v) is 6.72. The maximum atomic E-state index is 13.6. The monoisotopic (exact) mass is 661 g/mol. The second-order valence-corrected chi connectivity index (χ2v) is 17.6. The van der Waals surface area contributed by atoms with Gasteiger partial charge in [0, 0.05) is 18.8 Å². The van der Waals surface area contributed by atoms with Crippen molar-refractivity contribution in [3.63, 3.8) is 0 Å². The highest BCUT2D eigenvalue weighted by Gasteiger charge is 2.42. The molecule has 2 aliphatic rings. The lowest BCUT2D eigenvalue weighted by molar-refractivity contribution is 0.102. The number of ether oxygens (including phenoxy) is 1. The summed E-state index contributed by atoms with van der Waals surface area (Å²) in [6.07, 6.45) is 2.86. The summed E-state index contributed by atoms with van der Waals surface area (Å²) in [5, 5.41) is 4.67. The largest absolute Gasteiger partial charge is 0.492 e. The molecule has 0 aliphatic carbocycles. The Labute approximate surface area is 266 Å². The van der Waals surface area contributed by atoms with Crippen LogP contribution in [-0.4, -0.2) is 70.6 Å². The summed E-state index contributed by atoms with van der Waals surface area (Å²) < 4.78 is 57.4. The van der Waals surface area contributed by atoms with Crippen molar-refractivity contribution in [3.8, 4) is 5.75 Å². The Kier molecular flexibility index (Phi) is 8.96. The van der Waals surface area contributed by atoms with Crippen LogP contribution in [0.25, 0.3) is 0 Å². The van der Waals surface area contributed by atoms with Crippen molar-refractivity contribution in [2.45, 2.75) is 64.7 Å². The van der Waals surface area contributed by atoms with Crippen LogP contribution in [0.1, 0.15) is 63.0 Å². The highest BCUT2D eigenvalue weighted by Crippen LogP contribution is 2.39. The number of anilines is 3. The van der Waals surface area contributed by atoms with E-state index in [1.807, 2.05) is 40.0 Å². The number of rotatable bonds is 7. The number of aryl methyl sites for hydroxylation is 1. The number of aliphatic imine (C=N–C) groups is 1. The number of sulfonamides is 1. The molecule has 2 aliphatic heterocycles. The van der Waals surface area contributed by atoms with E-state index in [4.69, 9.17) is 4.74 Å². The van der Waals surface area contributed by atoms with Crippen molar-refractivity contribution in [1.82, 2.24) is 15.9 Å². The van der Waals surface area contributed by atoms with Crippen LogP contribution in [0.5, 0.6) is 5.75 Å². The summed E-state index contributed by atoms with van der Waals surface area (Å²) in [5.74, 6) is -0.244. The maximum absolute atomic E-state index is 13.6. The normalized spacial score (nSPS) is 17.5. The number of amidine groups is 1. The fraction of sp³-hybridized carbons (Fsp3) is 0.467. The smallest absolute Gasteiger partial charge is 0.255 e. The number of benzene rings is 2. The first-order valence-electron chi connectivity index (χ1n) is 14.3. The molecule has 1 unspecified atom stereocenters. The van der Waals surface area contributed by atoms with E-state index in [1.165, 1.54) is 7.11 Å². The van der Waals surface area contributed by atoms with Gasteiger partial charge in [0.1, 0.15) is 0 Å². The van der Waals surface area contributed by atoms with Crippen LogP contribution in [0, 0.1) is 6.92 Å². The molecule has 2 aromatic carbocycles. The molecule has 13 nitrogen and oxygen atoms in total. The fourth-order valence-electron chi connectivity index (χ4n) is 4.87. The highest BCUT2D eigenvalue weighted by atomic mass is 32.2. The van der Waals surface area contributed by atoms with Crippen molar-refractivity contribution in [2.24, 2.45) is 4.99 Å². The van der Waals surface area contributed by atoms with Crippen LogP contribution in [-0.2, 0) is 25.3 Å². The van der Waals surface area contributed by atoms with Gasteiger partial charge in [-0.3, -0.25) is 19.5 Å². The maximum Gasteiger partial charge on any atom is 0.255 e. The van der Waals surface area contributed by atoms with E-state index in [0.717, 1.165) is 17.4 Å². The molecule has 1 amide bonds. The van der Waals surface area contributed by atoms with E-state index in [9.17, 15) is 21.6 Å². The Morgan fingerprint density at radius 1 is 1.04 bits per heavy atom. The summed E-state index contributed by atoms with van der Waals surface area (Å²) in [5.41, 5.74) is 9.78. The molecule has 2 heterocycles. The lowest BCUT2D eigenvalue weighted by Gasteiger charge is -2.27. The summed E-state index contributed by atoms with van der Waals surface area (Å²) >= 11 is 0. The average molecular weight is 662 g/mol. The van der Waals surface area contributed by atoms with E-state index in [2.05, 4.69) is 26.0 Å². The summed E-state index contributed by atoms with van der Waals surface area (Å²) in [6.45, 7) is 13.1. The van der Waals surface area contributed by atoms with Gasteiger partial charge in [0.25, 0.3) is 5.91 Å². The summed E-state index contributed by atoms with van der Waals surface area (Å²) in [6, 6.07) is 8.37. The number of sulfone groups is 1. The van der Waals surface area contributed by atoms with Gasteiger partial charge in [-0.2, -0.15) is 0 Å². The van der Waals surface area contributed by atoms with Crippen LogP contribution in [0.15, 0.2) is 47.2 Å². The minimum Gasteiger partial charge on any atom is -0.492 e. The SMILES string of the molecule is COc1c(NC(=O)c2ccc(C)c(N3C=C(C4CN=C(S(=O)(=O)C(C)(C)C)N4C)NN3)c2)cc(C(C)(C)C)cc1NS(C)(=O)=O. The number of hydrogen-bond acceptors (Lipinski definition) is 11. The van der Waals surface area contributed by atoms with Gasteiger partial charge >= 0.3 is 0 Å². The van der Waals surface area contributed by atoms with Crippen molar-refractivity contribution in [2.75, 3.05) is 42.0 Å². The number of methoxy groups -OCH3 is 1. The van der Waals surface area contributed by atoms with E-state index in [0.29, 0.717) is 22.6 Å². The first kappa shape index (κ1) is 34.1. The molecule has 45 heavy (non-hydrogen) atoms. The molecule has 246 valence electrons. The highest BCUT2D eigenvalue weighted by molar-refractivity contribution is 8.07. The molecule has 4 N–H and O–H groups in total. The predicted molar refractivity (Wildman–Crippen MR) is 179 cm³/mol. The Balaban J connectivity index is 1.61. The van der Waals surface area contributed by atoms with Gasteiger partial charge in [-0.25, -0.2) is 16.8 Å². The first-order valence-corrected chi connectivity index (χ1v) is 17.7. The third-order valence-electron chi connectivity index (χ3n) is 7.60. The van der Waals surface area contributed by atoms with Gasteiger partial charge < -0.3 is 20.4 Å². The summed E-state index contributed by atoms with van der Waals surface area (Å²) in [4.78, 5) is 19.6. The number of hydrogen-bond donors (Lipinski definition) is 4. The molecule has 2 aromatic rings. The molecule has 0 spiro atoms. The molecule has 0 saturated carbocycles. The Bertz CT molecular complexity index is 1790. The lowest BCUT2D eigenvalue weighted by Crippen LogP contribution is -2.46.